The third-order valence-electron chi connectivity index (χ3n) is 8.02. The average Bonchev–Trinajstić information content (AvgIpc) is 2.78. The molecule has 0 saturated heterocycles. The highest BCUT2D eigenvalue weighted by Gasteiger charge is 2.30. The summed E-state index contributed by atoms with van der Waals surface area (Å²) >= 11 is 0. The standard InChI is InChI=1S/C27H46N2/c1-3-5-7-9-22-10-15-25(16-11-22)26-17-12-23(13-18-26)14-19-27-28-20-24(21-29-27)8-6-4-2/h20-23,25-26H,3-19H2,1-2H3. The molecule has 0 amide bonds. The second-order valence-electron chi connectivity index (χ2n) is 10.2. The molecule has 0 aliphatic heterocycles. The largest absolute Gasteiger partial charge is 0.241 e. The van der Waals surface area contributed by atoms with Crippen molar-refractivity contribution < 1.29 is 0 Å². The number of nitrogens with zero attached hydrogens (tertiary/aromatic N) is 2. The molecular formula is C27H46N2. The number of hydrogen-bond donors (Lipinski definition) is 0. The zero-order chi connectivity index (χ0) is 20.3. The normalized spacial score (nSPS) is 27.8. The molecule has 0 aromatic carbocycles. The van der Waals surface area contributed by atoms with E-state index < -0.39 is 0 Å². The average molecular weight is 399 g/mol. The van der Waals surface area contributed by atoms with E-state index in [1.807, 2.05) is 0 Å². The van der Waals surface area contributed by atoms with Crippen LogP contribution in [-0.2, 0) is 12.8 Å². The van der Waals surface area contributed by atoms with E-state index in [2.05, 4.69) is 36.2 Å². The first kappa shape index (κ1) is 22.8. The van der Waals surface area contributed by atoms with E-state index >= 15 is 0 Å². The van der Waals surface area contributed by atoms with Crippen LogP contribution in [-0.4, -0.2) is 9.97 Å². The number of unbranched alkanes of at least 4 members (excludes halogenated alkanes) is 3. The Hall–Kier alpha value is -0.920. The predicted octanol–water partition coefficient (Wildman–Crippen LogP) is 7.94. The molecule has 2 saturated carbocycles. The number of aryl methyl sites for hydroxylation is 2. The first-order valence-corrected chi connectivity index (χ1v) is 13.1. The van der Waals surface area contributed by atoms with Gasteiger partial charge in [-0.15, -0.1) is 0 Å². The van der Waals surface area contributed by atoms with Crippen LogP contribution in [0.4, 0.5) is 0 Å². The van der Waals surface area contributed by atoms with Gasteiger partial charge in [0.2, 0.25) is 0 Å². The van der Waals surface area contributed by atoms with E-state index in [0.29, 0.717) is 0 Å². The molecule has 0 N–H and O–H groups in total. The van der Waals surface area contributed by atoms with Crippen molar-refractivity contribution in [1.29, 1.82) is 0 Å². The summed E-state index contributed by atoms with van der Waals surface area (Å²) in [6, 6.07) is 0. The van der Waals surface area contributed by atoms with Crippen molar-refractivity contribution in [2.24, 2.45) is 23.7 Å². The molecule has 2 fully saturated rings. The zero-order valence-electron chi connectivity index (χ0n) is 19.4. The smallest absolute Gasteiger partial charge is 0.128 e. The van der Waals surface area contributed by atoms with Crippen LogP contribution in [0.2, 0.25) is 0 Å². The molecule has 2 aliphatic rings. The Morgan fingerprint density at radius 3 is 1.76 bits per heavy atom. The van der Waals surface area contributed by atoms with Crippen molar-refractivity contribution in [3.63, 3.8) is 0 Å². The minimum absolute atomic E-state index is 0.917. The molecule has 3 rings (SSSR count). The van der Waals surface area contributed by atoms with Crippen LogP contribution in [0.15, 0.2) is 12.4 Å². The summed E-state index contributed by atoms with van der Waals surface area (Å²) in [5.41, 5.74) is 1.30. The fourth-order valence-corrected chi connectivity index (χ4v) is 5.93. The van der Waals surface area contributed by atoms with E-state index in [1.165, 1.54) is 102 Å². The Bertz CT molecular complexity index is 536. The number of rotatable bonds is 11. The lowest BCUT2D eigenvalue weighted by atomic mass is 9.68. The molecule has 1 aromatic heterocycles. The van der Waals surface area contributed by atoms with E-state index in [0.717, 1.165) is 42.3 Å². The molecule has 29 heavy (non-hydrogen) atoms. The van der Waals surface area contributed by atoms with Gasteiger partial charge in [0.05, 0.1) is 0 Å². The molecule has 1 heterocycles. The Morgan fingerprint density at radius 2 is 1.21 bits per heavy atom. The minimum Gasteiger partial charge on any atom is -0.241 e. The van der Waals surface area contributed by atoms with Crippen molar-refractivity contribution >= 4 is 0 Å². The highest BCUT2D eigenvalue weighted by molar-refractivity contribution is 5.05. The van der Waals surface area contributed by atoms with Gasteiger partial charge in [-0.25, -0.2) is 9.97 Å². The van der Waals surface area contributed by atoms with Crippen LogP contribution in [0.5, 0.6) is 0 Å². The van der Waals surface area contributed by atoms with Gasteiger partial charge in [-0.3, -0.25) is 0 Å². The van der Waals surface area contributed by atoms with Gasteiger partial charge in [0.15, 0.2) is 0 Å². The van der Waals surface area contributed by atoms with Crippen molar-refractivity contribution in [2.45, 2.75) is 123 Å². The Labute approximate surface area is 180 Å². The zero-order valence-corrected chi connectivity index (χ0v) is 19.4. The summed E-state index contributed by atoms with van der Waals surface area (Å²) in [6.45, 7) is 4.56. The second-order valence-corrected chi connectivity index (χ2v) is 10.2. The van der Waals surface area contributed by atoms with Crippen molar-refractivity contribution in [3.05, 3.63) is 23.8 Å². The molecule has 2 aliphatic carbocycles. The van der Waals surface area contributed by atoms with Crippen LogP contribution in [0.3, 0.4) is 0 Å². The maximum Gasteiger partial charge on any atom is 0.128 e. The highest BCUT2D eigenvalue weighted by atomic mass is 14.9. The lowest BCUT2D eigenvalue weighted by molar-refractivity contribution is 0.140. The summed E-state index contributed by atoms with van der Waals surface area (Å²) in [5, 5.41) is 0. The molecule has 0 atom stereocenters. The van der Waals surface area contributed by atoms with E-state index in [9.17, 15) is 0 Å². The van der Waals surface area contributed by atoms with Gasteiger partial charge in [-0.1, -0.05) is 71.6 Å². The molecule has 164 valence electrons. The molecule has 0 radical (unpaired) electrons. The van der Waals surface area contributed by atoms with Gasteiger partial charge in [-0.2, -0.15) is 0 Å². The first-order chi connectivity index (χ1) is 14.3. The molecule has 0 bridgehead atoms. The maximum absolute atomic E-state index is 4.63. The molecule has 1 aromatic rings. The van der Waals surface area contributed by atoms with Crippen molar-refractivity contribution in [3.8, 4) is 0 Å². The summed E-state index contributed by atoms with van der Waals surface area (Å²) in [5.74, 6) is 5.13. The van der Waals surface area contributed by atoms with E-state index in [4.69, 9.17) is 0 Å². The monoisotopic (exact) mass is 398 g/mol. The van der Waals surface area contributed by atoms with Gasteiger partial charge in [-0.05, 0) is 74.2 Å². The van der Waals surface area contributed by atoms with Gasteiger partial charge >= 0.3 is 0 Å². The van der Waals surface area contributed by atoms with Crippen LogP contribution in [0, 0.1) is 23.7 Å². The molecule has 2 nitrogen and oxygen atoms in total. The lowest BCUT2D eigenvalue weighted by Gasteiger charge is -2.38. The number of aromatic nitrogens is 2. The van der Waals surface area contributed by atoms with Crippen molar-refractivity contribution in [2.75, 3.05) is 0 Å². The lowest BCUT2D eigenvalue weighted by Crippen LogP contribution is -2.26. The van der Waals surface area contributed by atoms with Crippen molar-refractivity contribution in [1.82, 2.24) is 9.97 Å². The quantitative estimate of drug-likeness (QED) is 0.353. The molecular weight excluding hydrogens is 352 g/mol. The predicted molar refractivity (Wildman–Crippen MR) is 124 cm³/mol. The Morgan fingerprint density at radius 1 is 0.655 bits per heavy atom. The maximum atomic E-state index is 4.63. The SMILES string of the molecule is CCCCCC1CCC(C2CCC(CCc3ncc(CCCC)cn3)CC2)CC1. The highest BCUT2D eigenvalue weighted by Crippen LogP contribution is 2.43. The third-order valence-corrected chi connectivity index (χ3v) is 8.02. The number of hydrogen-bond acceptors (Lipinski definition) is 2. The fraction of sp³-hybridized carbons (Fsp3) is 0.852. The fourth-order valence-electron chi connectivity index (χ4n) is 5.93. The van der Waals surface area contributed by atoms with E-state index in [-0.39, 0.29) is 0 Å². The van der Waals surface area contributed by atoms with Gasteiger partial charge in [0.1, 0.15) is 5.82 Å². The summed E-state index contributed by atoms with van der Waals surface area (Å²) in [6.07, 6.45) is 27.9. The van der Waals surface area contributed by atoms with Gasteiger partial charge < -0.3 is 0 Å². The van der Waals surface area contributed by atoms with Crippen LogP contribution in [0.1, 0.15) is 122 Å². The minimum atomic E-state index is 0.917. The summed E-state index contributed by atoms with van der Waals surface area (Å²) in [4.78, 5) is 9.25. The second kappa shape index (κ2) is 12.7. The molecule has 0 spiro atoms. The van der Waals surface area contributed by atoms with Crippen LogP contribution < -0.4 is 0 Å². The Kier molecular flexibility index (Phi) is 9.97. The summed E-state index contributed by atoms with van der Waals surface area (Å²) < 4.78 is 0. The van der Waals surface area contributed by atoms with Gasteiger partial charge in [0, 0.05) is 18.8 Å². The van der Waals surface area contributed by atoms with Crippen LogP contribution >= 0.6 is 0 Å². The summed E-state index contributed by atoms with van der Waals surface area (Å²) in [7, 11) is 0. The molecule has 2 heteroatoms. The van der Waals surface area contributed by atoms with Crippen LogP contribution in [0.25, 0.3) is 0 Å². The first-order valence-electron chi connectivity index (χ1n) is 13.1. The van der Waals surface area contributed by atoms with Gasteiger partial charge in [0.25, 0.3) is 0 Å². The molecule has 0 unspecified atom stereocenters. The Balaban J connectivity index is 1.30. The third kappa shape index (κ3) is 7.68. The van der Waals surface area contributed by atoms with E-state index in [1.54, 1.807) is 0 Å². The topological polar surface area (TPSA) is 25.8 Å².